The smallest absolute Gasteiger partial charge is 0.419 e. The number of allylic oxidation sites excluding steroid dienone is 1. The molecule has 0 bridgehead atoms. The maximum atomic E-state index is 13.4. The lowest BCUT2D eigenvalue weighted by Crippen LogP contribution is -2.25. The van der Waals surface area contributed by atoms with Crippen molar-refractivity contribution in [1.82, 2.24) is 5.32 Å². The molecule has 0 atom stereocenters. The average Bonchev–Trinajstić information content (AvgIpc) is 3.65. The SMILES string of the molecule is O=C(Nc1ccc(F)c(C(F)(F)F)c1)Nc1ccc(OC2=NC=CCC(NC(=O)C3CC3)=C2)cc1Cl. The van der Waals surface area contributed by atoms with Gasteiger partial charge in [0.25, 0.3) is 0 Å². The van der Waals surface area contributed by atoms with Crippen LogP contribution in [0.2, 0.25) is 5.02 Å². The largest absolute Gasteiger partial charge is 0.439 e. The molecule has 2 aliphatic rings. The number of carbonyl (C=O) groups is 2. The third kappa shape index (κ3) is 6.63. The Balaban J connectivity index is 1.39. The first-order valence-corrected chi connectivity index (χ1v) is 11.1. The lowest BCUT2D eigenvalue weighted by atomic mass is 10.2. The van der Waals surface area contributed by atoms with Gasteiger partial charge in [-0.1, -0.05) is 17.7 Å². The summed E-state index contributed by atoms with van der Waals surface area (Å²) < 4.78 is 57.8. The Hall–Kier alpha value is -3.86. The molecule has 1 aliphatic heterocycles. The number of alkyl halides is 3. The summed E-state index contributed by atoms with van der Waals surface area (Å²) in [5.74, 6) is -0.945. The molecule has 188 valence electrons. The van der Waals surface area contributed by atoms with Crippen LogP contribution in [0.4, 0.5) is 33.7 Å². The number of benzene rings is 2. The standard InChI is InChI=1S/C24H19ClF4N4O3/c25-18-12-16(36-21-11-14(2-1-9-30-21)31-22(34)13-3-4-13)6-8-20(18)33-23(35)32-15-5-7-19(26)17(10-15)24(27,28)29/h1,5-13H,2-4H2,(H,31,34)(H2,32,33,35). The van der Waals surface area contributed by atoms with Crippen molar-refractivity contribution in [1.29, 1.82) is 0 Å². The third-order valence-corrected chi connectivity index (χ3v) is 5.43. The van der Waals surface area contributed by atoms with Gasteiger partial charge in [-0.05, 0) is 43.2 Å². The van der Waals surface area contributed by atoms with Crippen LogP contribution in [-0.2, 0) is 11.0 Å². The summed E-state index contributed by atoms with van der Waals surface area (Å²) >= 11 is 6.22. The van der Waals surface area contributed by atoms with Gasteiger partial charge in [-0.2, -0.15) is 13.2 Å². The molecule has 4 rings (SSSR count). The van der Waals surface area contributed by atoms with Crippen molar-refractivity contribution < 1.29 is 31.9 Å². The number of rotatable bonds is 5. The molecule has 0 saturated heterocycles. The van der Waals surface area contributed by atoms with Crippen LogP contribution in [0.1, 0.15) is 24.8 Å². The highest BCUT2D eigenvalue weighted by Crippen LogP contribution is 2.33. The summed E-state index contributed by atoms with van der Waals surface area (Å²) in [5.41, 5.74) is -0.973. The van der Waals surface area contributed by atoms with E-state index in [1.807, 2.05) is 0 Å². The monoisotopic (exact) mass is 522 g/mol. The third-order valence-electron chi connectivity index (χ3n) is 5.12. The molecule has 1 aliphatic carbocycles. The highest BCUT2D eigenvalue weighted by molar-refractivity contribution is 6.34. The molecule has 1 heterocycles. The Bertz CT molecular complexity index is 1290. The van der Waals surface area contributed by atoms with Crippen molar-refractivity contribution >= 4 is 40.8 Å². The zero-order valence-corrected chi connectivity index (χ0v) is 19.2. The number of hydrogen-bond acceptors (Lipinski definition) is 4. The summed E-state index contributed by atoms with van der Waals surface area (Å²) in [5, 5.41) is 7.54. The van der Waals surface area contributed by atoms with E-state index < -0.39 is 23.6 Å². The number of amides is 3. The molecule has 12 heteroatoms. The van der Waals surface area contributed by atoms with Crippen molar-refractivity contribution in [2.75, 3.05) is 10.6 Å². The molecule has 2 aromatic rings. The van der Waals surface area contributed by atoms with Crippen LogP contribution in [0.5, 0.6) is 5.75 Å². The maximum absolute atomic E-state index is 13.4. The number of halogens is 5. The molecule has 0 spiro atoms. The molecular weight excluding hydrogens is 504 g/mol. The molecule has 36 heavy (non-hydrogen) atoms. The van der Waals surface area contributed by atoms with E-state index >= 15 is 0 Å². The molecule has 2 aromatic carbocycles. The second kappa shape index (κ2) is 10.4. The molecule has 0 unspecified atom stereocenters. The van der Waals surface area contributed by atoms with Gasteiger partial charge in [0.1, 0.15) is 11.6 Å². The van der Waals surface area contributed by atoms with E-state index in [-0.39, 0.29) is 39.9 Å². The highest BCUT2D eigenvalue weighted by atomic mass is 35.5. The van der Waals surface area contributed by atoms with E-state index in [9.17, 15) is 27.2 Å². The van der Waals surface area contributed by atoms with Crippen LogP contribution >= 0.6 is 11.6 Å². The van der Waals surface area contributed by atoms with E-state index in [4.69, 9.17) is 16.3 Å². The number of ether oxygens (including phenoxy) is 1. The summed E-state index contributed by atoms with van der Waals surface area (Å²) in [4.78, 5) is 28.4. The van der Waals surface area contributed by atoms with Crippen LogP contribution < -0.4 is 20.7 Å². The fourth-order valence-electron chi connectivity index (χ4n) is 3.19. The molecule has 0 aromatic heterocycles. The van der Waals surface area contributed by atoms with E-state index in [2.05, 4.69) is 20.9 Å². The summed E-state index contributed by atoms with van der Waals surface area (Å²) in [6.07, 6.45) is 2.24. The first-order chi connectivity index (χ1) is 17.1. The predicted molar refractivity (Wildman–Crippen MR) is 126 cm³/mol. The van der Waals surface area contributed by atoms with E-state index in [0.717, 1.165) is 18.9 Å². The van der Waals surface area contributed by atoms with Crippen molar-refractivity contribution in [2.45, 2.75) is 25.4 Å². The lowest BCUT2D eigenvalue weighted by molar-refractivity contribution is -0.140. The number of nitrogens with zero attached hydrogens (tertiary/aromatic N) is 1. The van der Waals surface area contributed by atoms with Crippen molar-refractivity contribution in [2.24, 2.45) is 10.9 Å². The van der Waals surface area contributed by atoms with Crippen molar-refractivity contribution in [3.63, 3.8) is 0 Å². The van der Waals surface area contributed by atoms with Gasteiger partial charge in [0, 0.05) is 42.1 Å². The van der Waals surface area contributed by atoms with Gasteiger partial charge in [-0.15, -0.1) is 0 Å². The van der Waals surface area contributed by atoms with Crippen LogP contribution in [-0.4, -0.2) is 17.8 Å². The summed E-state index contributed by atoms with van der Waals surface area (Å²) in [7, 11) is 0. The molecule has 7 nitrogen and oxygen atoms in total. The Morgan fingerprint density at radius 1 is 1.06 bits per heavy atom. The van der Waals surface area contributed by atoms with Gasteiger partial charge < -0.3 is 20.7 Å². The summed E-state index contributed by atoms with van der Waals surface area (Å²) in [6, 6.07) is 5.54. The Morgan fingerprint density at radius 2 is 1.83 bits per heavy atom. The minimum atomic E-state index is -4.91. The topological polar surface area (TPSA) is 91.8 Å². The Morgan fingerprint density at radius 3 is 2.53 bits per heavy atom. The highest BCUT2D eigenvalue weighted by Gasteiger charge is 2.34. The van der Waals surface area contributed by atoms with Crippen LogP contribution in [0, 0.1) is 11.7 Å². The van der Waals surface area contributed by atoms with Crippen LogP contribution in [0.25, 0.3) is 0 Å². The number of nitrogens with one attached hydrogen (secondary N) is 3. The van der Waals surface area contributed by atoms with Gasteiger partial charge in [-0.25, -0.2) is 14.2 Å². The fraction of sp³-hybridized carbons (Fsp3) is 0.208. The van der Waals surface area contributed by atoms with Gasteiger partial charge >= 0.3 is 12.2 Å². The maximum Gasteiger partial charge on any atom is 0.419 e. The molecule has 1 fully saturated rings. The molecule has 3 N–H and O–H groups in total. The second-order valence-corrected chi connectivity index (χ2v) is 8.41. The van der Waals surface area contributed by atoms with Gasteiger partial charge in [0.05, 0.1) is 16.3 Å². The quantitative estimate of drug-likeness (QED) is 0.405. The molecule has 0 radical (unpaired) electrons. The zero-order chi connectivity index (χ0) is 25.9. The second-order valence-electron chi connectivity index (χ2n) is 8.00. The predicted octanol–water partition coefficient (Wildman–Crippen LogP) is 6.25. The van der Waals surface area contributed by atoms with Gasteiger partial charge in [0.2, 0.25) is 11.8 Å². The van der Waals surface area contributed by atoms with Crippen molar-refractivity contribution in [3.05, 3.63) is 76.9 Å². The Kier molecular flexibility index (Phi) is 7.30. The van der Waals surface area contributed by atoms with E-state index in [1.165, 1.54) is 18.2 Å². The lowest BCUT2D eigenvalue weighted by Gasteiger charge is -2.13. The first-order valence-electron chi connectivity index (χ1n) is 10.7. The number of carbonyl (C=O) groups excluding carboxylic acids is 2. The Labute approximate surface area is 207 Å². The first kappa shape index (κ1) is 25.2. The molecule has 1 saturated carbocycles. The average molecular weight is 523 g/mol. The number of urea groups is 1. The normalized spacial score (nSPS) is 15.4. The number of hydrogen-bond donors (Lipinski definition) is 3. The number of aliphatic imine (C=N–C) groups is 1. The molecule has 3 amide bonds. The minimum absolute atomic E-state index is 0.0390. The molecular formula is C24H19ClF4N4O3. The zero-order valence-electron chi connectivity index (χ0n) is 18.5. The van der Waals surface area contributed by atoms with Gasteiger partial charge in [0.15, 0.2) is 0 Å². The van der Waals surface area contributed by atoms with E-state index in [1.54, 1.807) is 18.4 Å². The van der Waals surface area contributed by atoms with Crippen LogP contribution in [0.3, 0.4) is 0 Å². The number of anilines is 2. The minimum Gasteiger partial charge on any atom is -0.439 e. The van der Waals surface area contributed by atoms with Crippen molar-refractivity contribution in [3.8, 4) is 5.75 Å². The van der Waals surface area contributed by atoms with Crippen LogP contribution in [0.15, 0.2) is 65.4 Å². The van der Waals surface area contributed by atoms with E-state index in [0.29, 0.717) is 24.3 Å². The fourth-order valence-corrected chi connectivity index (χ4v) is 3.40. The van der Waals surface area contributed by atoms with Gasteiger partial charge in [-0.3, -0.25) is 4.79 Å². The summed E-state index contributed by atoms with van der Waals surface area (Å²) in [6.45, 7) is 0.